The van der Waals surface area contributed by atoms with Crippen LogP contribution in [0.5, 0.6) is 5.75 Å². The van der Waals surface area contributed by atoms with Crippen LogP contribution in [0.3, 0.4) is 0 Å². The van der Waals surface area contributed by atoms with E-state index in [2.05, 4.69) is 4.99 Å². The van der Waals surface area contributed by atoms with Crippen LogP contribution in [0.2, 0.25) is 0 Å². The highest BCUT2D eigenvalue weighted by atomic mass is 19.1. The van der Waals surface area contributed by atoms with Crippen molar-refractivity contribution in [3.8, 4) is 5.75 Å². The molecule has 0 amide bonds. The molecule has 0 aliphatic carbocycles. The molecule has 0 unspecified atom stereocenters. The van der Waals surface area contributed by atoms with Gasteiger partial charge in [0, 0.05) is 17.2 Å². The number of hydrogen-bond acceptors (Lipinski definition) is 2. The van der Waals surface area contributed by atoms with Crippen molar-refractivity contribution in [2.75, 3.05) is 0 Å². The molecule has 0 spiro atoms. The molecule has 0 atom stereocenters. The van der Waals surface area contributed by atoms with E-state index in [9.17, 15) is 9.50 Å². The number of halogens is 1. The van der Waals surface area contributed by atoms with Crippen LogP contribution in [0.25, 0.3) is 10.8 Å². The Bertz CT molecular complexity index is 840. The van der Waals surface area contributed by atoms with Crippen LogP contribution in [-0.2, 0) is 0 Å². The van der Waals surface area contributed by atoms with Crippen LogP contribution in [0.15, 0.2) is 59.6 Å². The Morgan fingerprint density at radius 2 is 1.86 bits per heavy atom. The van der Waals surface area contributed by atoms with Crippen molar-refractivity contribution >= 4 is 22.7 Å². The molecule has 0 aliphatic rings. The van der Waals surface area contributed by atoms with Gasteiger partial charge < -0.3 is 5.11 Å². The van der Waals surface area contributed by atoms with Crippen LogP contribution in [-0.4, -0.2) is 11.3 Å². The molecule has 3 aromatic rings. The molecule has 104 valence electrons. The SMILES string of the molecule is Cc1cc(N=Cc2ccc3ccccc3c2O)ccc1F. The van der Waals surface area contributed by atoms with Crippen molar-refractivity contribution in [3.05, 3.63) is 71.5 Å². The maximum atomic E-state index is 13.2. The summed E-state index contributed by atoms with van der Waals surface area (Å²) >= 11 is 0. The van der Waals surface area contributed by atoms with Gasteiger partial charge in [-0.1, -0.05) is 30.3 Å². The number of phenols is 1. The standard InChI is InChI=1S/C18H14FNO/c1-12-10-15(8-9-17(12)19)20-11-14-7-6-13-4-2-3-5-16(13)18(14)21/h2-11,21H,1H3. The fourth-order valence-electron chi connectivity index (χ4n) is 2.23. The first-order valence-electron chi connectivity index (χ1n) is 6.66. The first kappa shape index (κ1) is 13.3. The van der Waals surface area contributed by atoms with Crippen molar-refractivity contribution in [3.63, 3.8) is 0 Å². The normalized spacial score (nSPS) is 11.3. The van der Waals surface area contributed by atoms with Crippen molar-refractivity contribution in [1.29, 1.82) is 0 Å². The van der Waals surface area contributed by atoms with E-state index in [1.54, 1.807) is 25.3 Å². The van der Waals surface area contributed by atoms with Crippen LogP contribution in [0.4, 0.5) is 10.1 Å². The Hall–Kier alpha value is -2.68. The number of aliphatic imine (C=N–C) groups is 1. The highest BCUT2D eigenvalue weighted by molar-refractivity contribution is 5.97. The monoisotopic (exact) mass is 279 g/mol. The van der Waals surface area contributed by atoms with Gasteiger partial charge in [0.1, 0.15) is 11.6 Å². The first-order chi connectivity index (χ1) is 10.1. The lowest BCUT2D eigenvalue weighted by Crippen LogP contribution is -1.85. The van der Waals surface area contributed by atoms with Crippen molar-refractivity contribution in [2.45, 2.75) is 6.92 Å². The predicted octanol–water partition coefficient (Wildman–Crippen LogP) is 4.74. The van der Waals surface area contributed by atoms with Gasteiger partial charge in [0.25, 0.3) is 0 Å². The Kier molecular flexibility index (Phi) is 3.40. The first-order valence-corrected chi connectivity index (χ1v) is 6.66. The van der Waals surface area contributed by atoms with E-state index in [0.717, 1.165) is 10.8 Å². The van der Waals surface area contributed by atoms with E-state index >= 15 is 0 Å². The van der Waals surface area contributed by atoms with Gasteiger partial charge >= 0.3 is 0 Å². The molecule has 0 bridgehead atoms. The number of benzene rings is 3. The molecule has 0 saturated heterocycles. The van der Waals surface area contributed by atoms with Gasteiger partial charge in [0.2, 0.25) is 0 Å². The summed E-state index contributed by atoms with van der Waals surface area (Å²) in [7, 11) is 0. The minimum atomic E-state index is -0.248. The molecule has 0 saturated carbocycles. The van der Waals surface area contributed by atoms with Gasteiger partial charge in [-0.25, -0.2) is 4.39 Å². The number of nitrogens with zero attached hydrogens (tertiary/aromatic N) is 1. The van der Waals surface area contributed by atoms with Gasteiger partial charge in [-0.2, -0.15) is 0 Å². The van der Waals surface area contributed by atoms with E-state index in [1.807, 2.05) is 36.4 Å². The minimum absolute atomic E-state index is 0.204. The van der Waals surface area contributed by atoms with Crippen molar-refractivity contribution in [2.24, 2.45) is 4.99 Å². The summed E-state index contributed by atoms with van der Waals surface area (Å²) in [6.45, 7) is 1.70. The van der Waals surface area contributed by atoms with Gasteiger partial charge in [0.05, 0.1) is 5.69 Å². The maximum absolute atomic E-state index is 13.2. The Labute approximate surface area is 122 Å². The zero-order valence-electron chi connectivity index (χ0n) is 11.5. The molecule has 3 aromatic carbocycles. The number of hydrogen-bond donors (Lipinski definition) is 1. The highest BCUT2D eigenvalue weighted by Gasteiger charge is 2.04. The van der Waals surface area contributed by atoms with Gasteiger partial charge in [-0.05, 0) is 42.1 Å². The maximum Gasteiger partial charge on any atom is 0.132 e. The average Bonchev–Trinajstić information content (AvgIpc) is 2.50. The molecule has 1 N–H and O–H groups in total. The number of aromatic hydroxyl groups is 1. The van der Waals surface area contributed by atoms with Gasteiger partial charge in [-0.3, -0.25) is 4.99 Å². The lowest BCUT2D eigenvalue weighted by molar-refractivity contribution is 0.481. The Morgan fingerprint density at radius 3 is 2.67 bits per heavy atom. The zero-order valence-corrected chi connectivity index (χ0v) is 11.5. The quantitative estimate of drug-likeness (QED) is 0.675. The lowest BCUT2D eigenvalue weighted by atomic mass is 10.1. The van der Waals surface area contributed by atoms with Crippen LogP contribution < -0.4 is 0 Å². The second-order valence-electron chi connectivity index (χ2n) is 4.92. The molecule has 0 heterocycles. The van der Waals surface area contributed by atoms with E-state index in [0.29, 0.717) is 16.8 Å². The van der Waals surface area contributed by atoms with Gasteiger partial charge in [0.15, 0.2) is 0 Å². The number of phenolic OH excluding ortho intramolecular Hbond substituents is 1. The van der Waals surface area contributed by atoms with Crippen molar-refractivity contribution < 1.29 is 9.50 Å². The highest BCUT2D eigenvalue weighted by Crippen LogP contribution is 2.28. The minimum Gasteiger partial charge on any atom is -0.507 e. The molecule has 0 aliphatic heterocycles. The fourth-order valence-corrected chi connectivity index (χ4v) is 2.23. The third-order valence-electron chi connectivity index (χ3n) is 3.43. The predicted molar refractivity (Wildman–Crippen MR) is 84.0 cm³/mol. The molecular formula is C18H14FNO. The molecule has 21 heavy (non-hydrogen) atoms. The van der Waals surface area contributed by atoms with Crippen LogP contribution in [0.1, 0.15) is 11.1 Å². The van der Waals surface area contributed by atoms with E-state index < -0.39 is 0 Å². The fraction of sp³-hybridized carbons (Fsp3) is 0.0556. The number of fused-ring (bicyclic) bond motifs is 1. The molecular weight excluding hydrogens is 265 g/mol. The van der Waals surface area contributed by atoms with E-state index in [1.165, 1.54) is 6.07 Å². The lowest BCUT2D eigenvalue weighted by Gasteiger charge is -2.04. The number of rotatable bonds is 2. The van der Waals surface area contributed by atoms with E-state index in [4.69, 9.17) is 0 Å². The third-order valence-corrected chi connectivity index (χ3v) is 3.43. The molecule has 0 aromatic heterocycles. The van der Waals surface area contributed by atoms with Gasteiger partial charge in [-0.15, -0.1) is 0 Å². The number of aryl methyl sites for hydroxylation is 1. The second kappa shape index (κ2) is 5.37. The third kappa shape index (κ3) is 2.63. The summed E-state index contributed by atoms with van der Waals surface area (Å²) in [6, 6.07) is 16.0. The summed E-state index contributed by atoms with van der Waals surface area (Å²) < 4.78 is 13.2. The molecule has 3 heteroatoms. The topological polar surface area (TPSA) is 32.6 Å². The van der Waals surface area contributed by atoms with Crippen molar-refractivity contribution in [1.82, 2.24) is 0 Å². The Balaban J connectivity index is 1.99. The molecule has 0 radical (unpaired) electrons. The van der Waals surface area contributed by atoms with Crippen LogP contribution >= 0.6 is 0 Å². The molecule has 3 rings (SSSR count). The summed E-state index contributed by atoms with van der Waals surface area (Å²) in [4.78, 5) is 4.29. The zero-order chi connectivity index (χ0) is 14.8. The summed E-state index contributed by atoms with van der Waals surface area (Å²) in [5, 5.41) is 12.0. The second-order valence-corrected chi connectivity index (χ2v) is 4.92. The molecule has 2 nitrogen and oxygen atoms in total. The molecule has 0 fully saturated rings. The van der Waals surface area contributed by atoms with E-state index in [-0.39, 0.29) is 11.6 Å². The summed E-state index contributed by atoms with van der Waals surface area (Å²) in [5.74, 6) is -0.0433. The summed E-state index contributed by atoms with van der Waals surface area (Å²) in [6.07, 6.45) is 1.59. The van der Waals surface area contributed by atoms with Crippen LogP contribution in [0, 0.1) is 12.7 Å². The Morgan fingerprint density at radius 1 is 1.05 bits per heavy atom. The smallest absolute Gasteiger partial charge is 0.132 e. The summed E-state index contributed by atoms with van der Waals surface area (Å²) in [5.41, 5.74) is 1.84. The largest absolute Gasteiger partial charge is 0.507 e. The average molecular weight is 279 g/mol.